The molecule has 0 spiro atoms. The third-order valence-corrected chi connectivity index (χ3v) is 5.50. The fourth-order valence-electron chi connectivity index (χ4n) is 1.98. The van der Waals surface area contributed by atoms with E-state index in [-0.39, 0.29) is 16.5 Å². The van der Waals surface area contributed by atoms with Crippen molar-refractivity contribution in [2.45, 2.75) is 18.4 Å². The van der Waals surface area contributed by atoms with Gasteiger partial charge >= 0.3 is 0 Å². The highest BCUT2D eigenvalue weighted by atomic mass is 35.5. The van der Waals surface area contributed by atoms with Crippen LogP contribution in [-0.2, 0) is 16.6 Å². The van der Waals surface area contributed by atoms with Crippen molar-refractivity contribution in [1.29, 1.82) is 0 Å². The van der Waals surface area contributed by atoms with E-state index >= 15 is 0 Å². The predicted molar refractivity (Wildman–Crippen MR) is 86.1 cm³/mol. The molecule has 0 unspecified atom stereocenters. The van der Waals surface area contributed by atoms with E-state index in [1.807, 2.05) is 19.1 Å². The number of benzene rings is 2. The van der Waals surface area contributed by atoms with E-state index in [2.05, 4.69) is 0 Å². The Hall–Kier alpha value is -1.56. The Balaban J connectivity index is 2.51. The largest absolute Gasteiger partial charge is 0.326 e. The lowest BCUT2D eigenvalue weighted by atomic mass is 10.2. The highest BCUT2D eigenvalue weighted by Gasteiger charge is 2.24. The van der Waals surface area contributed by atoms with E-state index in [4.69, 9.17) is 17.3 Å². The van der Waals surface area contributed by atoms with Crippen molar-refractivity contribution in [2.75, 3.05) is 11.4 Å². The van der Waals surface area contributed by atoms with Gasteiger partial charge in [-0.05, 0) is 42.3 Å². The molecule has 0 aliphatic heterocycles. The lowest BCUT2D eigenvalue weighted by molar-refractivity contribution is 0.594. The average molecular weight is 325 g/mol. The maximum Gasteiger partial charge on any atom is 0.265 e. The van der Waals surface area contributed by atoms with Crippen LogP contribution < -0.4 is 10.0 Å². The molecule has 112 valence electrons. The number of nitrogens with two attached hydrogens (primary N) is 1. The SMILES string of the molecule is Cc1cccc(N(C)S(=O)(=O)c2cc(CN)ccc2Cl)c1. The molecule has 2 aromatic rings. The molecule has 2 N–H and O–H groups in total. The van der Waals surface area contributed by atoms with E-state index in [1.165, 1.54) is 17.4 Å². The summed E-state index contributed by atoms with van der Waals surface area (Å²) in [5, 5.41) is 0.187. The van der Waals surface area contributed by atoms with Crippen molar-refractivity contribution in [1.82, 2.24) is 0 Å². The Morgan fingerprint density at radius 3 is 2.52 bits per heavy atom. The molecule has 0 saturated carbocycles. The maximum absolute atomic E-state index is 12.7. The zero-order valence-electron chi connectivity index (χ0n) is 11.9. The van der Waals surface area contributed by atoms with Crippen molar-refractivity contribution < 1.29 is 8.42 Å². The van der Waals surface area contributed by atoms with Gasteiger partial charge in [0.1, 0.15) is 4.90 Å². The van der Waals surface area contributed by atoms with Gasteiger partial charge in [0.2, 0.25) is 0 Å². The Bertz CT molecular complexity index is 760. The summed E-state index contributed by atoms with van der Waals surface area (Å²) in [7, 11) is -2.22. The second-order valence-electron chi connectivity index (χ2n) is 4.78. The molecule has 0 amide bonds. The first-order valence-electron chi connectivity index (χ1n) is 6.40. The number of hydrogen-bond donors (Lipinski definition) is 1. The average Bonchev–Trinajstić information content (AvgIpc) is 2.46. The third kappa shape index (κ3) is 3.20. The molecule has 0 saturated heterocycles. The molecule has 4 nitrogen and oxygen atoms in total. The first-order valence-corrected chi connectivity index (χ1v) is 8.22. The van der Waals surface area contributed by atoms with Gasteiger partial charge in [0.25, 0.3) is 10.0 Å². The first kappa shape index (κ1) is 15.8. The van der Waals surface area contributed by atoms with Gasteiger partial charge in [0, 0.05) is 13.6 Å². The summed E-state index contributed by atoms with van der Waals surface area (Å²) in [6, 6.07) is 12.1. The quantitative estimate of drug-likeness (QED) is 0.940. The molecule has 0 fully saturated rings. The van der Waals surface area contributed by atoms with E-state index in [1.54, 1.807) is 24.3 Å². The number of halogens is 1. The van der Waals surface area contributed by atoms with Crippen LogP contribution >= 0.6 is 11.6 Å². The summed E-state index contributed by atoms with van der Waals surface area (Å²) in [4.78, 5) is 0.0659. The zero-order valence-corrected chi connectivity index (χ0v) is 13.4. The van der Waals surface area contributed by atoms with Gasteiger partial charge < -0.3 is 5.73 Å². The van der Waals surface area contributed by atoms with Crippen LogP contribution in [0, 0.1) is 6.92 Å². The Labute approximate surface area is 130 Å². The Morgan fingerprint density at radius 1 is 1.19 bits per heavy atom. The van der Waals surface area contributed by atoms with Crippen LogP contribution in [-0.4, -0.2) is 15.5 Å². The standard InChI is InChI=1S/C15H17ClN2O2S/c1-11-4-3-5-13(8-11)18(2)21(19,20)15-9-12(10-17)6-7-14(15)16/h3-9H,10,17H2,1-2H3. The van der Waals surface area contributed by atoms with Crippen LogP contribution in [0.2, 0.25) is 5.02 Å². The number of nitrogens with zero attached hydrogens (tertiary/aromatic N) is 1. The molecule has 21 heavy (non-hydrogen) atoms. The van der Waals surface area contributed by atoms with Crippen molar-refractivity contribution >= 4 is 27.3 Å². The molecular formula is C15H17ClN2O2S. The summed E-state index contributed by atoms with van der Waals surface area (Å²) >= 11 is 6.05. The van der Waals surface area contributed by atoms with E-state index < -0.39 is 10.0 Å². The van der Waals surface area contributed by atoms with E-state index in [9.17, 15) is 8.42 Å². The van der Waals surface area contributed by atoms with Crippen molar-refractivity contribution in [2.24, 2.45) is 5.73 Å². The molecular weight excluding hydrogens is 308 g/mol. The molecule has 0 heterocycles. The summed E-state index contributed by atoms with van der Waals surface area (Å²) in [5.41, 5.74) is 7.86. The summed E-state index contributed by atoms with van der Waals surface area (Å²) in [5.74, 6) is 0. The minimum atomic E-state index is -3.73. The number of anilines is 1. The number of rotatable bonds is 4. The number of aryl methyl sites for hydroxylation is 1. The summed E-state index contributed by atoms with van der Waals surface area (Å²) in [6.07, 6.45) is 0. The predicted octanol–water partition coefficient (Wildman–Crippen LogP) is 2.93. The molecule has 0 aliphatic carbocycles. The summed E-state index contributed by atoms with van der Waals surface area (Å²) < 4.78 is 26.7. The van der Waals surface area contributed by atoms with Crippen molar-refractivity contribution in [3.05, 3.63) is 58.6 Å². The van der Waals surface area contributed by atoms with E-state index in [0.717, 1.165) is 11.1 Å². The number of hydrogen-bond acceptors (Lipinski definition) is 3. The van der Waals surface area contributed by atoms with Crippen LogP contribution in [0.25, 0.3) is 0 Å². The van der Waals surface area contributed by atoms with Crippen LogP contribution in [0.3, 0.4) is 0 Å². The van der Waals surface area contributed by atoms with Crippen LogP contribution in [0.4, 0.5) is 5.69 Å². The minimum Gasteiger partial charge on any atom is -0.326 e. The molecule has 0 aliphatic rings. The second-order valence-corrected chi connectivity index (χ2v) is 7.13. The van der Waals surface area contributed by atoms with Crippen LogP contribution in [0.1, 0.15) is 11.1 Å². The van der Waals surface area contributed by atoms with Crippen LogP contribution in [0.5, 0.6) is 0 Å². The van der Waals surface area contributed by atoms with Gasteiger partial charge in [0.15, 0.2) is 0 Å². The van der Waals surface area contributed by atoms with Gasteiger partial charge in [-0.25, -0.2) is 8.42 Å². The molecule has 0 aromatic heterocycles. The zero-order chi connectivity index (χ0) is 15.6. The molecule has 2 rings (SSSR count). The number of sulfonamides is 1. The molecule has 0 radical (unpaired) electrons. The third-order valence-electron chi connectivity index (χ3n) is 3.24. The lowest BCUT2D eigenvalue weighted by Gasteiger charge is -2.21. The van der Waals surface area contributed by atoms with Gasteiger partial charge in [-0.2, -0.15) is 0 Å². The maximum atomic E-state index is 12.7. The van der Waals surface area contributed by atoms with Gasteiger partial charge in [-0.1, -0.05) is 29.8 Å². The molecule has 0 atom stereocenters. The van der Waals surface area contributed by atoms with Gasteiger partial charge in [-0.15, -0.1) is 0 Å². The fraction of sp³-hybridized carbons (Fsp3) is 0.200. The normalized spacial score (nSPS) is 11.4. The first-order chi connectivity index (χ1) is 9.86. The fourth-order valence-corrected chi connectivity index (χ4v) is 3.69. The highest BCUT2D eigenvalue weighted by Crippen LogP contribution is 2.28. The minimum absolute atomic E-state index is 0.0659. The van der Waals surface area contributed by atoms with E-state index in [0.29, 0.717) is 5.69 Å². The summed E-state index contributed by atoms with van der Waals surface area (Å²) in [6.45, 7) is 2.17. The lowest BCUT2D eigenvalue weighted by Crippen LogP contribution is -2.27. The van der Waals surface area contributed by atoms with Gasteiger partial charge in [0.05, 0.1) is 10.7 Å². The topological polar surface area (TPSA) is 63.4 Å². The molecule has 0 bridgehead atoms. The van der Waals surface area contributed by atoms with Crippen LogP contribution in [0.15, 0.2) is 47.4 Å². The highest BCUT2D eigenvalue weighted by molar-refractivity contribution is 7.93. The monoisotopic (exact) mass is 324 g/mol. The second kappa shape index (κ2) is 6.05. The van der Waals surface area contributed by atoms with Crippen molar-refractivity contribution in [3.8, 4) is 0 Å². The molecule has 2 aromatic carbocycles. The van der Waals surface area contributed by atoms with Crippen molar-refractivity contribution in [3.63, 3.8) is 0 Å². The Morgan fingerprint density at radius 2 is 1.90 bits per heavy atom. The smallest absolute Gasteiger partial charge is 0.265 e. The molecule has 6 heteroatoms. The Kier molecular flexibility index (Phi) is 4.56. The van der Waals surface area contributed by atoms with Gasteiger partial charge in [-0.3, -0.25) is 4.31 Å².